The first-order valence-electron chi connectivity index (χ1n) is 9.33. The fourth-order valence-electron chi connectivity index (χ4n) is 4.33. The van der Waals surface area contributed by atoms with Gasteiger partial charge in [0.15, 0.2) is 0 Å². The summed E-state index contributed by atoms with van der Waals surface area (Å²) in [6.45, 7) is 2.05. The molecule has 2 aliphatic carbocycles. The number of likely N-dealkylation sites (N-methyl/N-ethyl adjacent to an activating group) is 1. The Balaban J connectivity index is 1.63. The van der Waals surface area contributed by atoms with Crippen LogP contribution in [0.4, 0.5) is 4.79 Å². The highest BCUT2D eigenvalue weighted by atomic mass is 16.2. The number of nitrogens with one attached hydrogen (secondary N) is 1. The molecule has 0 radical (unpaired) electrons. The third kappa shape index (κ3) is 3.15. The minimum absolute atomic E-state index is 0.130. The summed E-state index contributed by atoms with van der Waals surface area (Å²) in [5.74, 6) is 0.255. The summed E-state index contributed by atoms with van der Waals surface area (Å²) in [5.41, 5.74) is -0.757. The second kappa shape index (κ2) is 6.73. The molecule has 3 aliphatic rings. The molecule has 6 heteroatoms. The Morgan fingerprint density at radius 1 is 1.17 bits per heavy atom. The Morgan fingerprint density at radius 2 is 1.79 bits per heavy atom. The van der Waals surface area contributed by atoms with Gasteiger partial charge in [0, 0.05) is 13.1 Å². The van der Waals surface area contributed by atoms with Gasteiger partial charge in [0.2, 0.25) is 5.91 Å². The standard InChI is InChI=1S/C18H29N3O3/c1-13-8-10-18(11-9-13)16(23)21(17(24)19-18)12-15(22)20(2)14-6-4-3-5-7-14/h13-14H,3-12H2,1-2H3,(H,19,24). The van der Waals surface area contributed by atoms with Crippen molar-refractivity contribution in [2.45, 2.75) is 76.3 Å². The van der Waals surface area contributed by atoms with Crippen LogP contribution in [0.1, 0.15) is 64.7 Å². The van der Waals surface area contributed by atoms with E-state index in [4.69, 9.17) is 0 Å². The number of hydrogen-bond acceptors (Lipinski definition) is 3. The van der Waals surface area contributed by atoms with Crippen LogP contribution in [0.15, 0.2) is 0 Å². The molecule has 4 amide bonds. The topological polar surface area (TPSA) is 69.7 Å². The minimum Gasteiger partial charge on any atom is -0.341 e. The van der Waals surface area contributed by atoms with Gasteiger partial charge in [-0.1, -0.05) is 26.2 Å². The fraction of sp³-hybridized carbons (Fsp3) is 0.833. The lowest BCUT2D eigenvalue weighted by Crippen LogP contribution is -2.50. The maximum absolute atomic E-state index is 12.8. The minimum atomic E-state index is -0.757. The molecule has 0 aromatic carbocycles. The Hall–Kier alpha value is -1.59. The van der Waals surface area contributed by atoms with Gasteiger partial charge in [0.05, 0.1) is 0 Å². The van der Waals surface area contributed by atoms with E-state index in [-0.39, 0.29) is 24.4 Å². The summed E-state index contributed by atoms with van der Waals surface area (Å²) in [5, 5.41) is 2.88. The van der Waals surface area contributed by atoms with Gasteiger partial charge >= 0.3 is 6.03 Å². The molecule has 24 heavy (non-hydrogen) atoms. The lowest BCUT2D eigenvalue weighted by Gasteiger charge is -2.34. The van der Waals surface area contributed by atoms with E-state index in [9.17, 15) is 14.4 Å². The molecule has 1 N–H and O–H groups in total. The quantitative estimate of drug-likeness (QED) is 0.805. The van der Waals surface area contributed by atoms with Crippen LogP contribution in [0, 0.1) is 5.92 Å². The van der Waals surface area contributed by atoms with Crippen molar-refractivity contribution in [3.05, 3.63) is 0 Å². The number of imide groups is 1. The molecule has 0 unspecified atom stereocenters. The first-order chi connectivity index (χ1) is 11.4. The number of urea groups is 1. The zero-order valence-corrected chi connectivity index (χ0v) is 14.8. The van der Waals surface area contributed by atoms with Crippen LogP contribution < -0.4 is 5.32 Å². The van der Waals surface area contributed by atoms with Crippen LogP contribution in [0.2, 0.25) is 0 Å². The highest BCUT2D eigenvalue weighted by Gasteiger charge is 2.52. The molecule has 2 saturated carbocycles. The number of carbonyl (C=O) groups is 3. The van der Waals surface area contributed by atoms with E-state index < -0.39 is 11.6 Å². The molecule has 0 atom stereocenters. The van der Waals surface area contributed by atoms with Gasteiger partial charge in [-0.25, -0.2) is 4.79 Å². The van der Waals surface area contributed by atoms with Crippen molar-refractivity contribution in [1.29, 1.82) is 0 Å². The van der Waals surface area contributed by atoms with E-state index in [2.05, 4.69) is 12.2 Å². The molecule has 134 valence electrons. The Labute approximate surface area is 143 Å². The lowest BCUT2D eigenvalue weighted by molar-refractivity contribution is -0.140. The van der Waals surface area contributed by atoms with Crippen molar-refractivity contribution in [3.63, 3.8) is 0 Å². The highest BCUT2D eigenvalue weighted by Crippen LogP contribution is 2.36. The first kappa shape index (κ1) is 17.2. The zero-order valence-electron chi connectivity index (χ0n) is 14.8. The van der Waals surface area contributed by atoms with Gasteiger partial charge in [0.25, 0.3) is 5.91 Å². The molecular formula is C18H29N3O3. The number of hydrogen-bond donors (Lipinski definition) is 1. The summed E-state index contributed by atoms with van der Waals surface area (Å²) < 4.78 is 0. The maximum Gasteiger partial charge on any atom is 0.325 e. The van der Waals surface area contributed by atoms with E-state index in [0.29, 0.717) is 18.8 Å². The molecule has 0 bridgehead atoms. The van der Waals surface area contributed by atoms with Crippen LogP contribution in [-0.2, 0) is 9.59 Å². The molecule has 1 spiro atoms. The van der Waals surface area contributed by atoms with Crippen molar-refractivity contribution in [1.82, 2.24) is 15.1 Å². The maximum atomic E-state index is 12.8. The smallest absolute Gasteiger partial charge is 0.325 e. The van der Waals surface area contributed by atoms with E-state index in [1.807, 2.05) is 0 Å². The van der Waals surface area contributed by atoms with E-state index in [1.165, 1.54) is 6.42 Å². The summed E-state index contributed by atoms with van der Waals surface area (Å²) in [6.07, 6.45) is 8.80. The Bertz CT molecular complexity index is 520. The summed E-state index contributed by atoms with van der Waals surface area (Å²) in [7, 11) is 1.80. The zero-order chi connectivity index (χ0) is 17.3. The average molecular weight is 335 g/mol. The molecule has 0 aromatic rings. The van der Waals surface area contributed by atoms with Crippen molar-refractivity contribution < 1.29 is 14.4 Å². The van der Waals surface area contributed by atoms with Crippen molar-refractivity contribution in [3.8, 4) is 0 Å². The van der Waals surface area contributed by atoms with Crippen LogP contribution in [0.5, 0.6) is 0 Å². The van der Waals surface area contributed by atoms with Gasteiger partial charge in [0.1, 0.15) is 12.1 Å². The molecule has 3 fully saturated rings. The fourth-order valence-corrected chi connectivity index (χ4v) is 4.33. The van der Waals surface area contributed by atoms with E-state index >= 15 is 0 Å². The third-order valence-electron chi connectivity index (χ3n) is 6.18. The Kier molecular flexibility index (Phi) is 4.83. The second-order valence-electron chi connectivity index (χ2n) is 7.88. The van der Waals surface area contributed by atoms with E-state index in [1.54, 1.807) is 11.9 Å². The van der Waals surface area contributed by atoms with Gasteiger partial charge < -0.3 is 10.2 Å². The summed E-state index contributed by atoms with van der Waals surface area (Å²) in [4.78, 5) is 40.5. The van der Waals surface area contributed by atoms with Gasteiger partial charge in [-0.3, -0.25) is 14.5 Å². The van der Waals surface area contributed by atoms with Gasteiger partial charge in [-0.05, 0) is 44.4 Å². The largest absolute Gasteiger partial charge is 0.341 e. The predicted molar refractivity (Wildman–Crippen MR) is 90.3 cm³/mol. The second-order valence-corrected chi connectivity index (χ2v) is 7.88. The molecule has 0 aromatic heterocycles. The van der Waals surface area contributed by atoms with Crippen LogP contribution in [0.25, 0.3) is 0 Å². The SMILES string of the molecule is CC1CCC2(CC1)NC(=O)N(CC(=O)N(C)C1CCCCC1)C2=O. The van der Waals surface area contributed by atoms with Crippen LogP contribution >= 0.6 is 0 Å². The average Bonchev–Trinajstić information content (AvgIpc) is 2.82. The molecular weight excluding hydrogens is 306 g/mol. The number of amides is 4. The number of nitrogens with zero attached hydrogens (tertiary/aromatic N) is 2. The molecule has 1 saturated heterocycles. The molecule has 3 rings (SSSR count). The van der Waals surface area contributed by atoms with Crippen molar-refractivity contribution in [2.24, 2.45) is 5.92 Å². The summed E-state index contributed by atoms with van der Waals surface area (Å²) in [6, 6.07) is -0.156. The normalized spacial score (nSPS) is 31.4. The van der Waals surface area contributed by atoms with Gasteiger partial charge in [-0.15, -0.1) is 0 Å². The van der Waals surface area contributed by atoms with Crippen molar-refractivity contribution >= 4 is 17.8 Å². The third-order valence-corrected chi connectivity index (χ3v) is 6.18. The van der Waals surface area contributed by atoms with Crippen LogP contribution in [0.3, 0.4) is 0 Å². The van der Waals surface area contributed by atoms with E-state index in [0.717, 1.165) is 43.4 Å². The molecule has 1 aliphatic heterocycles. The summed E-state index contributed by atoms with van der Waals surface area (Å²) >= 11 is 0. The molecule has 1 heterocycles. The molecule has 6 nitrogen and oxygen atoms in total. The van der Waals surface area contributed by atoms with Gasteiger partial charge in [-0.2, -0.15) is 0 Å². The first-order valence-corrected chi connectivity index (χ1v) is 9.33. The number of rotatable bonds is 3. The number of carbonyl (C=O) groups excluding carboxylic acids is 3. The monoisotopic (exact) mass is 335 g/mol. The highest BCUT2D eigenvalue weighted by molar-refractivity contribution is 6.09. The lowest BCUT2D eigenvalue weighted by atomic mass is 9.77. The van der Waals surface area contributed by atoms with Crippen LogP contribution in [-0.4, -0.2) is 52.8 Å². The predicted octanol–water partition coefficient (Wildman–Crippen LogP) is 2.28. The van der Waals surface area contributed by atoms with Crippen molar-refractivity contribution in [2.75, 3.05) is 13.6 Å². The Morgan fingerprint density at radius 3 is 2.42 bits per heavy atom.